The van der Waals surface area contributed by atoms with Crippen LogP contribution in [0.2, 0.25) is 0 Å². The van der Waals surface area contributed by atoms with Crippen LogP contribution in [0.1, 0.15) is 30.0 Å². The van der Waals surface area contributed by atoms with Gasteiger partial charge in [-0.2, -0.15) is 0 Å². The fourth-order valence-corrected chi connectivity index (χ4v) is 1.13. The molecule has 0 saturated heterocycles. The lowest BCUT2D eigenvalue weighted by Gasteiger charge is -2.22. The number of amidine groups is 1. The summed E-state index contributed by atoms with van der Waals surface area (Å²) in [6, 6.07) is 0. The minimum atomic E-state index is -0.636. The number of rotatable bonds is 4. The third kappa shape index (κ3) is 3.41. The summed E-state index contributed by atoms with van der Waals surface area (Å²) in [5.41, 5.74) is 5.85. The molecule has 1 aromatic heterocycles. The van der Waals surface area contributed by atoms with E-state index in [0.717, 1.165) is 5.69 Å². The molecule has 0 saturated carbocycles. The van der Waals surface area contributed by atoms with Crippen LogP contribution in [0.5, 0.6) is 0 Å². The number of hydrogen-bond donors (Lipinski definition) is 3. The molecule has 0 fully saturated rings. The highest BCUT2D eigenvalue weighted by atomic mass is 16.4. The van der Waals surface area contributed by atoms with Crippen molar-refractivity contribution in [2.24, 2.45) is 16.3 Å². The molecule has 1 heterocycles. The Kier molecular flexibility index (Phi) is 4.19. The van der Waals surface area contributed by atoms with Gasteiger partial charge in [-0.05, 0) is 6.92 Å². The van der Waals surface area contributed by atoms with Crippen molar-refractivity contribution >= 4 is 11.7 Å². The monoisotopic (exact) mass is 251 g/mol. The van der Waals surface area contributed by atoms with Gasteiger partial charge in [0.1, 0.15) is 11.5 Å². The van der Waals surface area contributed by atoms with E-state index >= 15 is 0 Å². The number of amides is 1. The molecule has 0 bridgehead atoms. The molecular formula is C11H17N5O2. The fraction of sp³-hybridized carbons (Fsp3) is 0.455. The van der Waals surface area contributed by atoms with E-state index < -0.39 is 5.41 Å². The van der Waals surface area contributed by atoms with Gasteiger partial charge in [0.05, 0.1) is 11.9 Å². The second-order valence-corrected chi connectivity index (χ2v) is 4.59. The van der Waals surface area contributed by atoms with Crippen LogP contribution in [0.3, 0.4) is 0 Å². The SMILES string of the molecule is Cc1cnc(C(=O)NCC(C)(C)C(N)=NO)cn1. The number of nitrogens with two attached hydrogens (primary N) is 1. The largest absolute Gasteiger partial charge is 0.409 e. The molecule has 0 aliphatic carbocycles. The molecule has 98 valence electrons. The summed E-state index contributed by atoms with van der Waals surface area (Å²) < 4.78 is 0. The maximum absolute atomic E-state index is 11.8. The molecule has 0 unspecified atom stereocenters. The molecule has 0 spiro atoms. The molecule has 0 aromatic carbocycles. The summed E-state index contributed by atoms with van der Waals surface area (Å²) >= 11 is 0. The molecule has 1 aromatic rings. The van der Waals surface area contributed by atoms with E-state index in [9.17, 15) is 4.79 Å². The van der Waals surface area contributed by atoms with E-state index in [4.69, 9.17) is 10.9 Å². The normalized spacial score (nSPS) is 12.3. The zero-order valence-corrected chi connectivity index (χ0v) is 10.6. The van der Waals surface area contributed by atoms with Gasteiger partial charge in [0.25, 0.3) is 5.91 Å². The van der Waals surface area contributed by atoms with Crippen LogP contribution in [-0.4, -0.2) is 33.5 Å². The quantitative estimate of drug-likeness (QED) is 0.308. The van der Waals surface area contributed by atoms with E-state index in [2.05, 4.69) is 20.4 Å². The van der Waals surface area contributed by atoms with Crippen LogP contribution in [0.15, 0.2) is 17.5 Å². The minimum absolute atomic E-state index is 0.0535. The van der Waals surface area contributed by atoms with E-state index in [-0.39, 0.29) is 24.0 Å². The Bertz CT molecular complexity index is 453. The molecule has 0 aliphatic heterocycles. The van der Waals surface area contributed by atoms with Gasteiger partial charge >= 0.3 is 0 Å². The van der Waals surface area contributed by atoms with Gasteiger partial charge < -0.3 is 16.3 Å². The number of nitrogens with one attached hydrogen (secondary N) is 1. The van der Waals surface area contributed by atoms with Crippen molar-refractivity contribution in [2.75, 3.05) is 6.54 Å². The Morgan fingerprint density at radius 2 is 2.17 bits per heavy atom. The van der Waals surface area contributed by atoms with E-state index in [1.54, 1.807) is 20.8 Å². The van der Waals surface area contributed by atoms with Crippen molar-refractivity contribution in [1.29, 1.82) is 0 Å². The van der Waals surface area contributed by atoms with E-state index in [1.807, 2.05) is 0 Å². The van der Waals surface area contributed by atoms with Crippen LogP contribution in [0, 0.1) is 12.3 Å². The molecule has 7 nitrogen and oxygen atoms in total. The Hall–Kier alpha value is -2.18. The first-order valence-electron chi connectivity index (χ1n) is 5.41. The Labute approximate surface area is 105 Å². The number of nitrogens with zero attached hydrogens (tertiary/aromatic N) is 3. The number of aromatic nitrogens is 2. The van der Waals surface area contributed by atoms with Crippen molar-refractivity contribution in [1.82, 2.24) is 15.3 Å². The van der Waals surface area contributed by atoms with Crippen LogP contribution >= 0.6 is 0 Å². The third-order valence-electron chi connectivity index (χ3n) is 2.51. The highest BCUT2D eigenvalue weighted by Gasteiger charge is 2.24. The zero-order valence-electron chi connectivity index (χ0n) is 10.6. The lowest BCUT2D eigenvalue weighted by Crippen LogP contribution is -2.42. The van der Waals surface area contributed by atoms with Crippen molar-refractivity contribution in [3.8, 4) is 0 Å². The number of hydrogen-bond acceptors (Lipinski definition) is 5. The zero-order chi connectivity index (χ0) is 13.8. The Morgan fingerprint density at radius 3 is 2.67 bits per heavy atom. The Morgan fingerprint density at radius 1 is 1.50 bits per heavy atom. The van der Waals surface area contributed by atoms with Crippen molar-refractivity contribution in [2.45, 2.75) is 20.8 Å². The molecule has 1 amide bonds. The maximum Gasteiger partial charge on any atom is 0.271 e. The van der Waals surface area contributed by atoms with Crippen molar-refractivity contribution in [3.05, 3.63) is 23.8 Å². The van der Waals surface area contributed by atoms with Gasteiger partial charge in [-0.1, -0.05) is 19.0 Å². The van der Waals surface area contributed by atoms with Crippen LogP contribution in [0.25, 0.3) is 0 Å². The van der Waals surface area contributed by atoms with Crippen molar-refractivity contribution < 1.29 is 10.0 Å². The topological polar surface area (TPSA) is 113 Å². The van der Waals surface area contributed by atoms with Crippen molar-refractivity contribution in [3.63, 3.8) is 0 Å². The first-order valence-corrected chi connectivity index (χ1v) is 5.41. The molecule has 7 heteroatoms. The fourth-order valence-electron chi connectivity index (χ4n) is 1.13. The lowest BCUT2D eigenvalue weighted by atomic mass is 9.92. The standard InChI is InChI=1S/C11H17N5O2/c1-7-4-14-8(5-13-7)9(17)15-6-11(2,3)10(12)16-18/h4-5,18H,6H2,1-3H3,(H2,12,16)(H,15,17). The summed E-state index contributed by atoms with van der Waals surface area (Å²) in [7, 11) is 0. The predicted molar refractivity (Wildman–Crippen MR) is 66.3 cm³/mol. The highest BCUT2D eigenvalue weighted by molar-refractivity contribution is 5.93. The molecule has 18 heavy (non-hydrogen) atoms. The third-order valence-corrected chi connectivity index (χ3v) is 2.51. The van der Waals surface area contributed by atoms with Gasteiger partial charge in [0, 0.05) is 18.2 Å². The molecule has 4 N–H and O–H groups in total. The van der Waals surface area contributed by atoms with Gasteiger partial charge in [0.2, 0.25) is 0 Å². The van der Waals surface area contributed by atoms with Gasteiger partial charge in [-0.25, -0.2) is 4.98 Å². The van der Waals surface area contributed by atoms with Gasteiger partial charge in [-0.3, -0.25) is 9.78 Å². The first kappa shape index (κ1) is 13.9. The van der Waals surface area contributed by atoms with E-state index in [1.165, 1.54) is 12.4 Å². The molecule has 0 aliphatic rings. The summed E-state index contributed by atoms with van der Waals surface area (Å²) in [5.74, 6) is -0.292. The second kappa shape index (κ2) is 5.44. The first-order chi connectivity index (χ1) is 8.36. The highest BCUT2D eigenvalue weighted by Crippen LogP contribution is 2.13. The van der Waals surface area contributed by atoms with Crippen LogP contribution < -0.4 is 11.1 Å². The predicted octanol–water partition coefficient (Wildman–Crippen LogP) is 0.287. The smallest absolute Gasteiger partial charge is 0.271 e. The van der Waals surface area contributed by atoms with E-state index in [0.29, 0.717) is 0 Å². The number of oxime groups is 1. The minimum Gasteiger partial charge on any atom is -0.409 e. The summed E-state index contributed by atoms with van der Waals surface area (Å²) in [5, 5.41) is 14.2. The summed E-state index contributed by atoms with van der Waals surface area (Å²) in [6.07, 6.45) is 2.92. The Balaban J connectivity index is 2.64. The van der Waals surface area contributed by atoms with Gasteiger partial charge in [0.15, 0.2) is 0 Å². The molecule has 0 atom stereocenters. The summed E-state index contributed by atoms with van der Waals surface area (Å²) in [6.45, 7) is 5.53. The second-order valence-electron chi connectivity index (χ2n) is 4.59. The average Bonchev–Trinajstić information content (AvgIpc) is 2.35. The number of carbonyl (C=O) groups is 1. The molecule has 0 radical (unpaired) electrons. The summed E-state index contributed by atoms with van der Waals surface area (Å²) in [4.78, 5) is 19.7. The maximum atomic E-state index is 11.8. The van der Waals surface area contributed by atoms with Crippen LogP contribution in [0.4, 0.5) is 0 Å². The lowest BCUT2D eigenvalue weighted by molar-refractivity contribution is 0.0939. The average molecular weight is 251 g/mol. The van der Waals surface area contributed by atoms with Gasteiger partial charge in [-0.15, -0.1) is 0 Å². The molecular weight excluding hydrogens is 234 g/mol. The number of aryl methyl sites for hydroxylation is 1. The van der Waals surface area contributed by atoms with Crippen LogP contribution in [-0.2, 0) is 0 Å². The number of carbonyl (C=O) groups excluding carboxylic acids is 1. The molecule has 1 rings (SSSR count).